The minimum absolute atomic E-state index is 0.0201. The number of carbonyl (C=O) groups excluding carboxylic acids is 2. The number of rotatable bonds is 5. The Bertz CT molecular complexity index is 1030. The van der Waals surface area contributed by atoms with Gasteiger partial charge in [0, 0.05) is 6.04 Å². The lowest BCUT2D eigenvalue weighted by molar-refractivity contribution is -0.141. The number of carbonyl (C=O) groups is 2. The molecule has 0 bridgehead atoms. The monoisotopic (exact) mass is 421 g/mol. The van der Waals surface area contributed by atoms with Crippen molar-refractivity contribution in [3.63, 3.8) is 0 Å². The van der Waals surface area contributed by atoms with Crippen molar-refractivity contribution in [1.82, 2.24) is 4.90 Å². The largest absolute Gasteiger partial charge is 0.507 e. The lowest BCUT2D eigenvalue weighted by Gasteiger charge is -2.31. The van der Waals surface area contributed by atoms with Gasteiger partial charge in [-0.3, -0.25) is 9.59 Å². The van der Waals surface area contributed by atoms with Crippen molar-refractivity contribution >= 4 is 17.4 Å². The molecule has 1 aliphatic heterocycles. The summed E-state index contributed by atoms with van der Waals surface area (Å²) in [4.78, 5) is 28.0. The predicted octanol–water partition coefficient (Wildman–Crippen LogP) is 4.38. The van der Waals surface area contributed by atoms with Crippen molar-refractivity contribution in [2.75, 3.05) is 14.2 Å². The number of hydrogen-bond acceptors (Lipinski definition) is 5. The molecule has 1 unspecified atom stereocenters. The standard InChI is InChI=1S/C25H27NO5/c1-15-8-13-20(31-3)19(14-15)23(27)21-22(16-9-11-18(30-2)12-10-16)26(25(29)24(21)28)17-6-4-5-7-17/h8-14,17,22,27H,4-7H2,1-3H3/b23-21+. The van der Waals surface area contributed by atoms with Crippen LogP contribution in [0, 0.1) is 6.92 Å². The Balaban J connectivity index is 1.91. The number of aliphatic hydroxyl groups excluding tert-OH is 1. The van der Waals surface area contributed by atoms with E-state index in [0.717, 1.165) is 36.8 Å². The van der Waals surface area contributed by atoms with Crippen molar-refractivity contribution < 1.29 is 24.2 Å². The molecule has 6 heteroatoms. The van der Waals surface area contributed by atoms with E-state index >= 15 is 0 Å². The Morgan fingerprint density at radius 1 is 1.00 bits per heavy atom. The maximum absolute atomic E-state index is 13.2. The summed E-state index contributed by atoms with van der Waals surface area (Å²) in [7, 11) is 3.10. The van der Waals surface area contributed by atoms with Gasteiger partial charge in [0.2, 0.25) is 0 Å². The summed E-state index contributed by atoms with van der Waals surface area (Å²) in [5, 5.41) is 11.3. The van der Waals surface area contributed by atoms with Gasteiger partial charge in [-0.1, -0.05) is 36.6 Å². The van der Waals surface area contributed by atoms with Crippen molar-refractivity contribution in [3.05, 3.63) is 64.7 Å². The number of likely N-dealkylation sites (tertiary alicyclic amines) is 1. The fraction of sp³-hybridized carbons (Fsp3) is 0.360. The topological polar surface area (TPSA) is 76.1 Å². The van der Waals surface area contributed by atoms with Crippen LogP contribution in [0.25, 0.3) is 5.76 Å². The number of methoxy groups -OCH3 is 2. The number of amides is 1. The molecule has 0 radical (unpaired) electrons. The SMILES string of the molecule is COc1ccc(C2/C(=C(\O)c3cc(C)ccc3OC)C(=O)C(=O)N2C2CCCC2)cc1. The highest BCUT2D eigenvalue weighted by atomic mass is 16.5. The molecule has 2 aromatic rings. The van der Waals surface area contributed by atoms with Gasteiger partial charge in [0.15, 0.2) is 0 Å². The molecule has 2 fully saturated rings. The second-order valence-electron chi connectivity index (χ2n) is 8.12. The molecule has 6 nitrogen and oxygen atoms in total. The van der Waals surface area contributed by atoms with Crippen LogP contribution < -0.4 is 9.47 Å². The molecule has 4 rings (SSSR count). The molecule has 1 saturated heterocycles. The van der Waals surface area contributed by atoms with Gasteiger partial charge in [0.25, 0.3) is 11.7 Å². The fourth-order valence-electron chi connectivity index (χ4n) is 4.67. The van der Waals surface area contributed by atoms with Crippen LogP contribution in [0.1, 0.15) is 48.4 Å². The highest BCUT2D eigenvalue weighted by molar-refractivity contribution is 6.46. The first-order chi connectivity index (χ1) is 15.0. The number of benzene rings is 2. The number of ketones is 1. The second-order valence-corrected chi connectivity index (χ2v) is 8.12. The van der Waals surface area contributed by atoms with E-state index in [1.807, 2.05) is 25.1 Å². The number of ether oxygens (including phenoxy) is 2. The van der Waals surface area contributed by atoms with Gasteiger partial charge in [-0.2, -0.15) is 0 Å². The average molecular weight is 421 g/mol. The molecule has 0 aromatic heterocycles. The molecule has 1 N–H and O–H groups in total. The lowest BCUT2D eigenvalue weighted by Crippen LogP contribution is -2.37. The van der Waals surface area contributed by atoms with E-state index in [4.69, 9.17) is 9.47 Å². The molecule has 1 saturated carbocycles. The fourth-order valence-corrected chi connectivity index (χ4v) is 4.67. The van der Waals surface area contributed by atoms with E-state index in [-0.39, 0.29) is 17.4 Å². The highest BCUT2D eigenvalue weighted by Gasteiger charge is 2.49. The molecule has 1 atom stereocenters. The van der Waals surface area contributed by atoms with Gasteiger partial charge < -0.3 is 19.5 Å². The first-order valence-electron chi connectivity index (χ1n) is 10.5. The van der Waals surface area contributed by atoms with Gasteiger partial charge in [0.1, 0.15) is 17.3 Å². The third kappa shape index (κ3) is 3.67. The molecular formula is C25H27NO5. The Morgan fingerprint density at radius 2 is 1.68 bits per heavy atom. The predicted molar refractivity (Wildman–Crippen MR) is 117 cm³/mol. The molecule has 1 amide bonds. The zero-order valence-corrected chi connectivity index (χ0v) is 18.1. The molecule has 2 aliphatic rings. The average Bonchev–Trinajstić information content (AvgIpc) is 3.40. The quantitative estimate of drug-likeness (QED) is 0.441. The summed E-state index contributed by atoms with van der Waals surface area (Å²) in [6.07, 6.45) is 3.75. The third-order valence-electron chi connectivity index (χ3n) is 6.24. The number of nitrogens with zero attached hydrogens (tertiary/aromatic N) is 1. The highest BCUT2D eigenvalue weighted by Crippen LogP contribution is 2.44. The first-order valence-corrected chi connectivity index (χ1v) is 10.5. The number of aliphatic hydroxyl groups is 1. The Morgan fingerprint density at radius 3 is 2.29 bits per heavy atom. The number of hydrogen-bond donors (Lipinski definition) is 1. The Hall–Kier alpha value is -3.28. The van der Waals surface area contributed by atoms with Crippen LogP contribution in [0.15, 0.2) is 48.0 Å². The maximum Gasteiger partial charge on any atom is 0.295 e. The molecular weight excluding hydrogens is 394 g/mol. The minimum atomic E-state index is -0.659. The van der Waals surface area contributed by atoms with Crippen LogP contribution in [-0.2, 0) is 9.59 Å². The van der Waals surface area contributed by atoms with Crippen LogP contribution in [0.4, 0.5) is 0 Å². The second kappa shape index (κ2) is 8.46. The zero-order chi connectivity index (χ0) is 22.1. The van der Waals surface area contributed by atoms with Gasteiger partial charge in [-0.05, 0) is 49.6 Å². The smallest absolute Gasteiger partial charge is 0.295 e. The van der Waals surface area contributed by atoms with Crippen LogP contribution >= 0.6 is 0 Å². The van der Waals surface area contributed by atoms with Crippen molar-refractivity contribution in [2.45, 2.75) is 44.7 Å². The van der Waals surface area contributed by atoms with Gasteiger partial charge in [-0.15, -0.1) is 0 Å². The van der Waals surface area contributed by atoms with Gasteiger partial charge >= 0.3 is 0 Å². The summed E-state index contributed by atoms with van der Waals surface area (Å²) < 4.78 is 10.7. The minimum Gasteiger partial charge on any atom is -0.507 e. The Labute approximate surface area is 182 Å². The van der Waals surface area contributed by atoms with Crippen molar-refractivity contribution in [3.8, 4) is 11.5 Å². The van der Waals surface area contributed by atoms with E-state index in [2.05, 4.69) is 0 Å². The summed E-state index contributed by atoms with van der Waals surface area (Å²) in [5.74, 6) is -0.291. The maximum atomic E-state index is 13.2. The lowest BCUT2D eigenvalue weighted by atomic mass is 9.94. The molecule has 1 aliphatic carbocycles. The van der Waals surface area contributed by atoms with E-state index in [1.54, 1.807) is 36.3 Å². The van der Waals surface area contributed by atoms with E-state index < -0.39 is 17.7 Å². The van der Waals surface area contributed by atoms with Crippen molar-refractivity contribution in [2.24, 2.45) is 0 Å². The Kier molecular flexibility index (Phi) is 5.72. The molecule has 0 spiro atoms. The third-order valence-corrected chi connectivity index (χ3v) is 6.24. The molecule has 2 aromatic carbocycles. The van der Waals surface area contributed by atoms with Crippen molar-refractivity contribution in [1.29, 1.82) is 0 Å². The summed E-state index contributed by atoms with van der Waals surface area (Å²) >= 11 is 0. The van der Waals surface area contributed by atoms with Crippen LogP contribution in [0.2, 0.25) is 0 Å². The zero-order valence-electron chi connectivity index (χ0n) is 18.1. The van der Waals surface area contributed by atoms with Gasteiger partial charge in [0.05, 0.1) is 31.4 Å². The number of Topliss-reactive ketones (excluding diaryl/α,β-unsaturated/α-hetero) is 1. The van der Waals surface area contributed by atoms with E-state index in [1.165, 1.54) is 7.11 Å². The first kappa shape index (κ1) is 21.0. The molecule has 1 heterocycles. The number of aryl methyl sites for hydroxylation is 1. The molecule has 162 valence electrons. The van der Waals surface area contributed by atoms with Gasteiger partial charge in [-0.25, -0.2) is 0 Å². The van der Waals surface area contributed by atoms with E-state index in [9.17, 15) is 14.7 Å². The summed E-state index contributed by atoms with van der Waals surface area (Å²) in [6, 6.07) is 12.0. The normalized spacial score (nSPS) is 21.0. The van der Waals surface area contributed by atoms with Crippen LogP contribution in [0.5, 0.6) is 11.5 Å². The van der Waals surface area contributed by atoms with Crippen LogP contribution in [-0.4, -0.2) is 42.0 Å². The summed E-state index contributed by atoms with van der Waals surface area (Å²) in [6.45, 7) is 1.90. The van der Waals surface area contributed by atoms with E-state index in [0.29, 0.717) is 17.1 Å². The molecule has 31 heavy (non-hydrogen) atoms. The van der Waals surface area contributed by atoms with Crippen LogP contribution in [0.3, 0.4) is 0 Å². The summed E-state index contributed by atoms with van der Waals surface area (Å²) in [5.41, 5.74) is 2.19.